The van der Waals surface area contributed by atoms with Gasteiger partial charge in [-0.3, -0.25) is 9.59 Å². The summed E-state index contributed by atoms with van der Waals surface area (Å²) < 4.78 is 19.9. The Labute approximate surface area is 164 Å². The molecule has 28 heavy (non-hydrogen) atoms. The average Bonchev–Trinajstić information content (AvgIpc) is 3.31. The quantitative estimate of drug-likeness (QED) is 0.747. The van der Waals surface area contributed by atoms with Crippen LogP contribution in [0.15, 0.2) is 48.5 Å². The maximum Gasteiger partial charge on any atom is 0.317 e. The Kier molecular flexibility index (Phi) is 4.92. The number of hydrogen-bond acceptors (Lipinski definition) is 3. The molecule has 1 aliphatic carbocycles. The van der Waals surface area contributed by atoms with Crippen molar-refractivity contribution >= 4 is 17.6 Å². The monoisotopic (exact) mass is 381 g/mol. The third-order valence-corrected chi connectivity index (χ3v) is 6.04. The fourth-order valence-corrected chi connectivity index (χ4v) is 4.69. The van der Waals surface area contributed by atoms with Gasteiger partial charge in [0.15, 0.2) is 6.61 Å². The van der Waals surface area contributed by atoms with Gasteiger partial charge in [0.05, 0.1) is 5.41 Å². The van der Waals surface area contributed by atoms with Crippen LogP contribution in [-0.4, -0.2) is 24.5 Å². The molecule has 1 fully saturated rings. The number of esters is 1. The lowest BCUT2D eigenvalue weighted by molar-refractivity contribution is -0.154. The fourth-order valence-electron chi connectivity index (χ4n) is 4.69. The Balaban J connectivity index is 1.51. The second-order valence-electron chi connectivity index (χ2n) is 7.79. The van der Waals surface area contributed by atoms with E-state index in [0.29, 0.717) is 18.4 Å². The van der Waals surface area contributed by atoms with Crippen LogP contribution in [0.25, 0.3) is 0 Å². The van der Waals surface area contributed by atoms with Crippen LogP contribution >= 0.6 is 0 Å². The first-order chi connectivity index (χ1) is 13.5. The third-order valence-electron chi connectivity index (χ3n) is 6.04. The molecule has 1 saturated carbocycles. The molecule has 2 aromatic carbocycles. The van der Waals surface area contributed by atoms with Gasteiger partial charge in [0, 0.05) is 17.3 Å². The van der Waals surface area contributed by atoms with Crippen LogP contribution in [0, 0.1) is 5.82 Å². The van der Waals surface area contributed by atoms with Crippen molar-refractivity contribution in [2.24, 2.45) is 0 Å². The number of carbonyl (C=O) groups excluding carboxylic acids is 2. The molecule has 0 unspecified atom stereocenters. The Bertz CT molecular complexity index is 904. The molecule has 1 amide bonds. The van der Waals surface area contributed by atoms with Crippen LogP contribution in [0.5, 0.6) is 0 Å². The van der Waals surface area contributed by atoms with E-state index < -0.39 is 17.2 Å². The van der Waals surface area contributed by atoms with Crippen molar-refractivity contribution < 1.29 is 18.7 Å². The highest BCUT2D eigenvalue weighted by Gasteiger charge is 2.46. The number of hydrogen-bond donors (Lipinski definition) is 0. The summed E-state index contributed by atoms with van der Waals surface area (Å²) in [5, 5.41) is 0. The first kappa shape index (κ1) is 18.7. The largest absolute Gasteiger partial charge is 0.455 e. The first-order valence-corrected chi connectivity index (χ1v) is 9.85. The van der Waals surface area contributed by atoms with Gasteiger partial charge in [-0.2, -0.15) is 0 Å². The maximum atomic E-state index is 14.4. The van der Waals surface area contributed by atoms with Crippen molar-refractivity contribution in [3.63, 3.8) is 0 Å². The van der Waals surface area contributed by atoms with Gasteiger partial charge in [-0.1, -0.05) is 49.2 Å². The van der Waals surface area contributed by atoms with Crippen LogP contribution in [0.2, 0.25) is 0 Å². The predicted octanol–water partition coefficient (Wildman–Crippen LogP) is 4.16. The van der Waals surface area contributed by atoms with Crippen LogP contribution in [-0.2, 0) is 26.2 Å². The first-order valence-electron chi connectivity index (χ1n) is 9.85. The molecule has 0 bridgehead atoms. The molecule has 0 N–H and O–H groups in total. The van der Waals surface area contributed by atoms with E-state index in [4.69, 9.17) is 4.74 Å². The highest BCUT2D eigenvalue weighted by atomic mass is 19.1. The number of fused-ring (bicyclic) bond motifs is 1. The van der Waals surface area contributed by atoms with E-state index in [1.54, 1.807) is 23.1 Å². The normalized spacial score (nSPS) is 20.1. The molecular weight excluding hydrogens is 357 g/mol. The molecular formula is C23H24FNO3. The molecule has 146 valence electrons. The number of rotatable bonds is 4. The van der Waals surface area contributed by atoms with Crippen LogP contribution in [0.4, 0.5) is 10.1 Å². The summed E-state index contributed by atoms with van der Waals surface area (Å²) in [5.74, 6) is -1.13. The van der Waals surface area contributed by atoms with Crippen molar-refractivity contribution in [2.45, 2.75) is 50.5 Å². The van der Waals surface area contributed by atoms with Crippen molar-refractivity contribution in [1.29, 1.82) is 0 Å². The molecule has 0 aromatic heterocycles. The van der Waals surface area contributed by atoms with Crippen molar-refractivity contribution in [1.82, 2.24) is 0 Å². The molecule has 5 heteroatoms. The number of anilines is 1. The average molecular weight is 381 g/mol. The van der Waals surface area contributed by atoms with E-state index in [-0.39, 0.29) is 18.6 Å². The Morgan fingerprint density at radius 2 is 1.79 bits per heavy atom. The van der Waals surface area contributed by atoms with Crippen molar-refractivity contribution in [3.05, 3.63) is 65.5 Å². The zero-order valence-electron chi connectivity index (χ0n) is 16.0. The molecule has 0 radical (unpaired) electrons. The Morgan fingerprint density at radius 1 is 1.11 bits per heavy atom. The summed E-state index contributed by atoms with van der Waals surface area (Å²) in [6.07, 6.45) is 3.56. The lowest BCUT2D eigenvalue weighted by atomic mass is 9.78. The predicted molar refractivity (Wildman–Crippen MR) is 105 cm³/mol. The van der Waals surface area contributed by atoms with Crippen LogP contribution < -0.4 is 4.90 Å². The number of amides is 1. The minimum absolute atomic E-state index is 0.0237. The number of nitrogens with zero attached hydrogens (tertiary/aromatic N) is 1. The molecule has 0 saturated heterocycles. The number of ether oxygens (including phenoxy) is 1. The molecule has 1 aliphatic heterocycles. The number of benzene rings is 2. The van der Waals surface area contributed by atoms with Crippen LogP contribution in [0.3, 0.4) is 0 Å². The SMILES string of the molecule is C[C@@H]1Cc2ccccc2N1C(=O)COC(=O)C1(c2ccccc2F)CCCC1. The second-order valence-corrected chi connectivity index (χ2v) is 7.79. The summed E-state index contributed by atoms with van der Waals surface area (Å²) in [5.41, 5.74) is 1.39. The van der Waals surface area contributed by atoms with E-state index in [2.05, 4.69) is 0 Å². The Hall–Kier alpha value is -2.69. The molecule has 2 aliphatic rings. The van der Waals surface area contributed by atoms with Crippen molar-refractivity contribution in [2.75, 3.05) is 11.5 Å². The van der Waals surface area contributed by atoms with Crippen LogP contribution in [0.1, 0.15) is 43.7 Å². The van der Waals surface area contributed by atoms with E-state index in [1.807, 2.05) is 31.2 Å². The number of carbonyl (C=O) groups is 2. The summed E-state index contributed by atoms with van der Waals surface area (Å²) in [4.78, 5) is 27.5. The zero-order valence-corrected chi connectivity index (χ0v) is 16.0. The smallest absolute Gasteiger partial charge is 0.317 e. The number of para-hydroxylation sites is 1. The van der Waals surface area contributed by atoms with Gasteiger partial charge in [0.1, 0.15) is 5.82 Å². The van der Waals surface area contributed by atoms with Gasteiger partial charge >= 0.3 is 5.97 Å². The van der Waals surface area contributed by atoms with Gasteiger partial charge in [-0.15, -0.1) is 0 Å². The fraction of sp³-hybridized carbons (Fsp3) is 0.391. The summed E-state index contributed by atoms with van der Waals surface area (Å²) >= 11 is 0. The minimum Gasteiger partial charge on any atom is -0.455 e. The highest BCUT2D eigenvalue weighted by Crippen LogP contribution is 2.43. The zero-order chi connectivity index (χ0) is 19.7. The lowest BCUT2D eigenvalue weighted by Gasteiger charge is -2.28. The van der Waals surface area contributed by atoms with Gasteiger partial charge in [-0.25, -0.2) is 4.39 Å². The topological polar surface area (TPSA) is 46.6 Å². The minimum atomic E-state index is -0.986. The highest BCUT2D eigenvalue weighted by molar-refractivity contribution is 5.98. The van der Waals surface area contributed by atoms with Crippen molar-refractivity contribution in [3.8, 4) is 0 Å². The van der Waals surface area contributed by atoms with Gasteiger partial charge < -0.3 is 9.64 Å². The molecule has 0 spiro atoms. The molecule has 4 rings (SSSR count). The van der Waals surface area contributed by atoms with E-state index >= 15 is 0 Å². The molecule has 1 atom stereocenters. The summed E-state index contributed by atoms with van der Waals surface area (Å²) in [6, 6.07) is 14.2. The molecule has 4 nitrogen and oxygen atoms in total. The maximum absolute atomic E-state index is 14.4. The summed E-state index contributed by atoms with van der Waals surface area (Å²) in [7, 11) is 0. The van der Waals surface area contributed by atoms with E-state index in [0.717, 1.165) is 30.5 Å². The van der Waals surface area contributed by atoms with E-state index in [1.165, 1.54) is 6.07 Å². The summed E-state index contributed by atoms with van der Waals surface area (Å²) in [6.45, 7) is 1.66. The van der Waals surface area contributed by atoms with Gasteiger partial charge in [0.25, 0.3) is 5.91 Å². The third kappa shape index (κ3) is 3.09. The number of halogens is 1. The van der Waals surface area contributed by atoms with Gasteiger partial charge in [-0.05, 0) is 43.9 Å². The Morgan fingerprint density at radius 3 is 2.54 bits per heavy atom. The molecule has 1 heterocycles. The van der Waals surface area contributed by atoms with Gasteiger partial charge in [0.2, 0.25) is 0 Å². The standard InChI is InChI=1S/C23H24FNO3/c1-16-14-17-8-2-5-11-20(17)25(16)21(26)15-28-22(27)23(12-6-7-13-23)18-9-3-4-10-19(18)24/h2-5,8-11,16H,6-7,12-15H2,1H3/t16-/m1/s1. The lowest BCUT2D eigenvalue weighted by Crippen LogP contribution is -2.41. The second kappa shape index (κ2) is 7.38. The molecule has 2 aromatic rings. The van der Waals surface area contributed by atoms with E-state index in [9.17, 15) is 14.0 Å².